The molecule has 5 heterocycles. The van der Waals surface area contributed by atoms with Crippen LogP contribution in [0.5, 0.6) is 5.75 Å². The summed E-state index contributed by atoms with van der Waals surface area (Å²) in [6.45, 7) is 4.15. The molecule has 6 rings (SSSR count). The zero-order valence-electron chi connectivity index (χ0n) is 18.4. The molecule has 2 aromatic heterocycles. The summed E-state index contributed by atoms with van der Waals surface area (Å²) in [5.41, 5.74) is 4.12. The average Bonchev–Trinajstić information content (AvgIpc) is 3.54. The molecule has 170 valence electrons. The van der Waals surface area contributed by atoms with Gasteiger partial charge in [-0.05, 0) is 31.0 Å². The molecule has 9 heteroatoms. The van der Waals surface area contributed by atoms with Gasteiger partial charge >= 0.3 is 0 Å². The smallest absolute Gasteiger partial charge is 0.259 e. The van der Waals surface area contributed by atoms with Crippen molar-refractivity contribution in [2.75, 3.05) is 30.5 Å². The van der Waals surface area contributed by atoms with Gasteiger partial charge < -0.3 is 29.4 Å². The quantitative estimate of drug-likeness (QED) is 0.632. The van der Waals surface area contributed by atoms with Gasteiger partial charge in [0.1, 0.15) is 11.6 Å². The molecule has 1 amide bonds. The fourth-order valence-electron chi connectivity index (χ4n) is 5.06. The molecule has 3 aliphatic rings. The molecule has 33 heavy (non-hydrogen) atoms. The highest BCUT2D eigenvalue weighted by molar-refractivity contribution is 6.09. The summed E-state index contributed by atoms with van der Waals surface area (Å²) in [6, 6.07) is 7.21. The van der Waals surface area contributed by atoms with E-state index in [0.717, 1.165) is 35.2 Å². The molecule has 3 aliphatic heterocycles. The summed E-state index contributed by atoms with van der Waals surface area (Å²) in [6.07, 6.45) is 1.14. The lowest BCUT2D eigenvalue weighted by Crippen LogP contribution is -2.39. The van der Waals surface area contributed by atoms with Crippen LogP contribution in [0.15, 0.2) is 29.1 Å². The number of methoxy groups -OCH3 is 1. The number of aromatic amines is 1. The van der Waals surface area contributed by atoms with E-state index in [4.69, 9.17) is 19.2 Å². The molecule has 1 aromatic carbocycles. The van der Waals surface area contributed by atoms with Crippen molar-refractivity contribution in [3.8, 4) is 5.75 Å². The second kappa shape index (κ2) is 7.57. The molecule has 0 saturated carbocycles. The molecule has 0 aliphatic carbocycles. The van der Waals surface area contributed by atoms with Crippen LogP contribution >= 0.6 is 0 Å². The van der Waals surface area contributed by atoms with Gasteiger partial charge in [0.05, 0.1) is 55.9 Å². The van der Waals surface area contributed by atoms with E-state index in [2.05, 4.69) is 15.2 Å². The Kier molecular flexibility index (Phi) is 4.63. The first-order valence-electron chi connectivity index (χ1n) is 11.0. The second-order valence-electron chi connectivity index (χ2n) is 8.83. The van der Waals surface area contributed by atoms with Crippen LogP contribution in [-0.4, -0.2) is 48.3 Å². The largest absolute Gasteiger partial charge is 0.494 e. The van der Waals surface area contributed by atoms with E-state index in [1.54, 1.807) is 6.07 Å². The van der Waals surface area contributed by atoms with E-state index in [0.29, 0.717) is 48.2 Å². The van der Waals surface area contributed by atoms with Crippen LogP contribution in [0, 0.1) is 6.92 Å². The molecule has 0 unspecified atom stereocenters. The zero-order valence-corrected chi connectivity index (χ0v) is 18.4. The number of aromatic nitrogens is 2. The van der Waals surface area contributed by atoms with Gasteiger partial charge in [0.2, 0.25) is 5.56 Å². The number of hydrogen-bond donors (Lipinski definition) is 2. The number of pyridine rings is 2. The van der Waals surface area contributed by atoms with Crippen LogP contribution in [0.3, 0.4) is 0 Å². The van der Waals surface area contributed by atoms with Crippen molar-refractivity contribution < 1.29 is 19.0 Å². The topological polar surface area (TPSA) is 106 Å². The predicted molar refractivity (Wildman–Crippen MR) is 122 cm³/mol. The first-order valence-corrected chi connectivity index (χ1v) is 11.0. The zero-order chi connectivity index (χ0) is 22.7. The number of amides is 1. The third-order valence-corrected chi connectivity index (χ3v) is 6.69. The second-order valence-corrected chi connectivity index (χ2v) is 8.83. The molecule has 2 bridgehead atoms. The number of carbonyl (C=O) groups excluding carboxylic acids is 1. The highest BCUT2D eigenvalue weighted by Crippen LogP contribution is 2.36. The van der Waals surface area contributed by atoms with Gasteiger partial charge in [0, 0.05) is 35.3 Å². The number of H-pyrrole nitrogens is 1. The van der Waals surface area contributed by atoms with Crippen molar-refractivity contribution in [3.63, 3.8) is 0 Å². The summed E-state index contributed by atoms with van der Waals surface area (Å²) < 4.78 is 16.8. The Balaban J connectivity index is 1.40. The van der Waals surface area contributed by atoms with E-state index in [9.17, 15) is 9.59 Å². The summed E-state index contributed by atoms with van der Waals surface area (Å²) in [7, 11) is 1.54. The maximum atomic E-state index is 13.5. The number of nitrogens with zero attached hydrogens (tertiary/aromatic N) is 2. The fourth-order valence-corrected chi connectivity index (χ4v) is 5.06. The summed E-state index contributed by atoms with van der Waals surface area (Å²) >= 11 is 0. The number of anilines is 2. The van der Waals surface area contributed by atoms with Crippen molar-refractivity contribution in [3.05, 3.63) is 57.0 Å². The standard InChI is InChI=1S/C24H24N4O5/c1-12-3-21(29)27-22-17(12)5-14(6-20(22)31-2)25-24(30)18-4-13-9-32-11-19(13)26-23(18)28-8-16-7-15(28)10-33-16/h3-6,15-16H,7-11H2,1-2H3,(H,25,30)(H,27,29)/t15-,16-/m0/s1. The molecular formula is C24H24N4O5. The first kappa shape index (κ1) is 20.2. The van der Waals surface area contributed by atoms with Gasteiger partial charge in [-0.25, -0.2) is 4.98 Å². The Bertz CT molecular complexity index is 1350. The van der Waals surface area contributed by atoms with E-state index in [-0.39, 0.29) is 23.6 Å². The monoisotopic (exact) mass is 448 g/mol. The number of hydrogen-bond acceptors (Lipinski definition) is 7. The molecule has 0 radical (unpaired) electrons. The molecule has 3 aromatic rings. The molecule has 0 spiro atoms. The van der Waals surface area contributed by atoms with Crippen LogP contribution < -0.4 is 20.5 Å². The summed E-state index contributed by atoms with van der Waals surface area (Å²) in [5, 5.41) is 3.82. The number of nitrogens with one attached hydrogen (secondary N) is 2. The third-order valence-electron chi connectivity index (χ3n) is 6.69. The molecule has 2 fully saturated rings. The van der Waals surface area contributed by atoms with Crippen LogP contribution in [-0.2, 0) is 22.7 Å². The minimum Gasteiger partial charge on any atom is -0.494 e. The lowest BCUT2D eigenvalue weighted by molar-refractivity contribution is 0.0978. The van der Waals surface area contributed by atoms with E-state index in [1.165, 1.54) is 13.2 Å². The van der Waals surface area contributed by atoms with Gasteiger partial charge in [-0.15, -0.1) is 0 Å². The number of ether oxygens (including phenoxy) is 3. The number of carbonyl (C=O) groups is 1. The van der Waals surface area contributed by atoms with Gasteiger partial charge in [0.15, 0.2) is 0 Å². The Morgan fingerprint density at radius 3 is 2.91 bits per heavy atom. The van der Waals surface area contributed by atoms with E-state index in [1.807, 2.05) is 19.1 Å². The van der Waals surface area contributed by atoms with Crippen molar-refractivity contribution in [1.82, 2.24) is 9.97 Å². The Morgan fingerprint density at radius 2 is 2.15 bits per heavy atom. The van der Waals surface area contributed by atoms with Gasteiger partial charge in [-0.2, -0.15) is 0 Å². The molecule has 9 nitrogen and oxygen atoms in total. The lowest BCUT2D eigenvalue weighted by atomic mass is 10.1. The fraction of sp³-hybridized carbons (Fsp3) is 0.375. The molecular weight excluding hydrogens is 424 g/mol. The molecule has 2 N–H and O–H groups in total. The van der Waals surface area contributed by atoms with Crippen LogP contribution in [0.4, 0.5) is 11.5 Å². The minimum atomic E-state index is -0.251. The van der Waals surface area contributed by atoms with Crippen LogP contribution in [0.1, 0.15) is 33.6 Å². The summed E-state index contributed by atoms with van der Waals surface area (Å²) in [5.74, 6) is 0.915. The summed E-state index contributed by atoms with van der Waals surface area (Å²) in [4.78, 5) is 35.3. The minimum absolute atomic E-state index is 0.187. The Morgan fingerprint density at radius 1 is 1.27 bits per heavy atom. The predicted octanol–water partition coefficient (Wildman–Crippen LogP) is 2.50. The number of benzene rings is 1. The Labute approximate surface area is 189 Å². The first-order chi connectivity index (χ1) is 16.0. The number of fused-ring (bicyclic) bond motifs is 4. The molecule has 2 saturated heterocycles. The van der Waals surface area contributed by atoms with Gasteiger partial charge in [-0.1, -0.05) is 0 Å². The van der Waals surface area contributed by atoms with Crippen LogP contribution in [0.25, 0.3) is 10.9 Å². The number of rotatable bonds is 4. The van der Waals surface area contributed by atoms with E-state index >= 15 is 0 Å². The van der Waals surface area contributed by atoms with Gasteiger partial charge in [-0.3, -0.25) is 9.59 Å². The van der Waals surface area contributed by atoms with Crippen LogP contribution in [0.2, 0.25) is 0 Å². The highest BCUT2D eigenvalue weighted by Gasteiger charge is 2.41. The van der Waals surface area contributed by atoms with E-state index < -0.39 is 0 Å². The third kappa shape index (κ3) is 3.35. The van der Waals surface area contributed by atoms with Crippen molar-refractivity contribution >= 4 is 28.3 Å². The SMILES string of the molecule is COc1cc(NC(=O)c2cc3c(nc2N2C[C@@H]4C[C@H]2CO4)COC3)cc2c(C)cc(=O)[nH]c12. The van der Waals surface area contributed by atoms with Crippen molar-refractivity contribution in [2.45, 2.75) is 38.7 Å². The number of morpholine rings is 1. The average molecular weight is 448 g/mol. The maximum absolute atomic E-state index is 13.5. The Hall–Kier alpha value is -3.43. The molecule has 2 atom stereocenters. The lowest BCUT2D eigenvalue weighted by Gasteiger charge is -2.29. The van der Waals surface area contributed by atoms with Crippen molar-refractivity contribution in [1.29, 1.82) is 0 Å². The van der Waals surface area contributed by atoms with Crippen molar-refractivity contribution in [2.24, 2.45) is 0 Å². The number of aryl methyl sites for hydroxylation is 1. The normalized spacial score (nSPS) is 21.0. The maximum Gasteiger partial charge on any atom is 0.259 e. The van der Waals surface area contributed by atoms with Gasteiger partial charge in [0.25, 0.3) is 5.91 Å². The highest BCUT2D eigenvalue weighted by atomic mass is 16.5.